The van der Waals surface area contributed by atoms with Gasteiger partial charge in [-0.3, -0.25) is 14.5 Å². The molecule has 7 heteroatoms. The lowest BCUT2D eigenvalue weighted by Gasteiger charge is -2.40. The van der Waals surface area contributed by atoms with Gasteiger partial charge < -0.3 is 20.0 Å². The Bertz CT molecular complexity index is 1090. The molecule has 2 aromatic rings. The summed E-state index contributed by atoms with van der Waals surface area (Å²) >= 11 is 0. The number of carbonyl (C=O) groups is 2. The molecule has 1 N–H and O–H groups in total. The van der Waals surface area contributed by atoms with Crippen LogP contribution in [0.3, 0.4) is 0 Å². The van der Waals surface area contributed by atoms with Gasteiger partial charge in [0.05, 0.1) is 11.4 Å². The zero-order valence-corrected chi connectivity index (χ0v) is 21.7. The van der Waals surface area contributed by atoms with E-state index in [2.05, 4.69) is 58.1 Å². The minimum absolute atomic E-state index is 0.0369. The van der Waals surface area contributed by atoms with Crippen molar-refractivity contribution in [1.82, 2.24) is 10.2 Å². The van der Waals surface area contributed by atoms with Gasteiger partial charge in [0.25, 0.3) is 0 Å². The number of hydrogen-bond donors (Lipinski definition) is 1. The molecule has 192 valence electrons. The fraction of sp³-hybridized carbons (Fsp3) is 0.517. The van der Waals surface area contributed by atoms with Crippen molar-refractivity contribution in [2.75, 3.05) is 67.1 Å². The summed E-state index contributed by atoms with van der Waals surface area (Å²) in [5.74, 6) is 0.0110. The molecule has 3 heterocycles. The van der Waals surface area contributed by atoms with Crippen molar-refractivity contribution >= 4 is 28.9 Å². The highest BCUT2D eigenvalue weighted by Crippen LogP contribution is 2.39. The minimum Gasteiger partial charge on any atom is -0.369 e. The molecule has 2 amide bonds. The molecule has 1 unspecified atom stereocenters. The molecule has 7 nitrogen and oxygen atoms in total. The van der Waals surface area contributed by atoms with E-state index in [1.807, 2.05) is 23.1 Å². The Morgan fingerprint density at radius 2 is 1.64 bits per heavy atom. The Kier molecular flexibility index (Phi) is 7.46. The van der Waals surface area contributed by atoms with E-state index >= 15 is 0 Å². The highest BCUT2D eigenvalue weighted by molar-refractivity contribution is 5.99. The summed E-state index contributed by atoms with van der Waals surface area (Å²) in [4.78, 5) is 34.8. The van der Waals surface area contributed by atoms with Crippen LogP contribution in [0.1, 0.15) is 36.8 Å². The maximum atomic E-state index is 13.1. The molecule has 2 aromatic carbocycles. The van der Waals surface area contributed by atoms with Crippen LogP contribution in [-0.2, 0) is 9.59 Å². The minimum atomic E-state index is -0.0369. The number of piperazine rings is 1. The largest absolute Gasteiger partial charge is 0.369 e. The smallest absolute Gasteiger partial charge is 0.227 e. The van der Waals surface area contributed by atoms with Crippen LogP contribution in [0.4, 0.5) is 17.1 Å². The molecule has 0 saturated carbocycles. The number of fused-ring (bicyclic) bond motifs is 3. The van der Waals surface area contributed by atoms with Crippen LogP contribution in [0, 0.1) is 13.8 Å². The molecule has 5 rings (SSSR count). The van der Waals surface area contributed by atoms with Crippen LogP contribution in [0.15, 0.2) is 42.5 Å². The van der Waals surface area contributed by atoms with Crippen molar-refractivity contribution in [2.45, 2.75) is 45.6 Å². The Balaban J connectivity index is 1.04. The zero-order valence-electron chi connectivity index (χ0n) is 21.7. The number of rotatable bonds is 7. The molecule has 3 aliphatic heterocycles. The van der Waals surface area contributed by atoms with E-state index in [9.17, 15) is 9.59 Å². The Labute approximate surface area is 215 Å². The van der Waals surface area contributed by atoms with Crippen molar-refractivity contribution < 1.29 is 9.59 Å². The lowest BCUT2D eigenvalue weighted by molar-refractivity contribution is -0.125. The number of benzene rings is 2. The number of aryl methyl sites for hydroxylation is 1. The highest BCUT2D eigenvalue weighted by atomic mass is 16.2. The van der Waals surface area contributed by atoms with E-state index < -0.39 is 0 Å². The SMILES string of the molecule is Cc1cccc(N2CCN(CCNC(=O)CCC(=O)N3CC4CCCN4c4ccccc43)CC2)c1C. The first-order valence-electron chi connectivity index (χ1n) is 13.5. The fourth-order valence-electron chi connectivity index (χ4n) is 5.91. The Morgan fingerprint density at radius 3 is 2.44 bits per heavy atom. The van der Waals surface area contributed by atoms with Crippen molar-refractivity contribution in [3.05, 3.63) is 53.6 Å². The maximum Gasteiger partial charge on any atom is 0.227 e. The summed E-state index contributed by atoms with van der Waals surface area (Å²) in [6.07, 6.45) is 2.79. The second-order valence-electron chi connectivity index (χ2n) is 10.4. The van der Waals surface area contributed by atoms with E-state index in [1.54, 1.807) is 0 Å². The third-order valence-corrected chi connectivity index (χ3v) is 8.16. The average molecular weight is 490 g/mol. The van der Waals surface area contributed by atoms with Crippen molar-refractivity contribution in [1.29, 1.82) is 0 Å². The second kappa shape index (κ2) is 10.9. The molecule has 0 aliphatic carbocycles. The maximum absolute atomic E-state index is 13.1. The van der Waals surface area contributed by atoms with Gasteiger partial charge in [0.2, 0.25) is 11.8 Å². The number of nitrogens with zero attached hydrogens (tertiary/aromatic N) is 4. The summed E-state index contributed by atoms with van der Waals surface area (Å²) in [6, 6.07) is 15.1. The molecule has 0 bridgehead atoms. The highest BCUT2D eigenvalue weighted by Gasteiger charge is 2.35. The Hall–Kier alpha value is -3.06. The van der Waals surface area contributed by atoms with Gasteiger partial charge in [0.1, 0.15) is 0 Å². The molecule has 0 radical (unpaired) electrons. The molecular formula is C29H39N5O2. The van der Waals surface area contributed by atoms with Crippen molar-refractivity contribution in [3.8, 4) is 0 Å². The lowest BCUT2D eigenvalue weighted by atomic mass is 10.1. The summed E-state index contributed by atoms with van der Waals surface area (Å²) in [6.45, 7) is 11.6. The second-order valence-corrected chi connectivity index (χ2v) is 10.4. The van der Waals surface area contributed by atoms with Gasteiger partial charge in [-0.25, -0.2) is 0 Å². The number of para-hydroxylation sites is 2. The van der Waals surface area contributed by atoms with E-state index in [-0.39, 0.29) is 24.7 Å². The van der Waals surface area contributed by atoms with Gasteiger partial charge in [0.15, 0.2) is 0 Å². The molecule has 36 heavy (non-hydrogen) atoms. The van der Waals surface area contributed by atoms with Crippen molar-refractivity contribution in [2.24, 2.45) is 0 Å². The summed E-state index contributed by atoms with van der Waals surface area (Å²) in [5, 5.41) is 3.03. The van der Waals surface area contributed by atoms with Gasteiger partial charge in [-0.2, -0.15) is 0 Å². The zero-order chi connectivity index (χ0) is 25.1. The van der Waals surface area contributed by atoms with Gasteiger partial charge in [-0.05, 0) is 56.0 Å². The summed E-state index contributed by atoms with van der Waals surface area (Å²) in [7, 11) is 0. The average Bonchev–Trinajstić information content (AvgIpc) is 3.38. The number of hydrogen-bond acceptors (Lipinski definition) is 5. The van der Waals surface area contributed by atoms with Crippen LogP contribution >= 0.6 is 0 Å². The van der Waals surface area contributed by atoms with Crippen LogP contribution in [-0.4, -0.2) is 75.1 Å². The molecule has 1 atom stereocenters. The van der Waals surface area contributed by atoms with Crippen LogP contribution in [0.5, 0.6) is 0 Å². The lowest BCUT2D eigenvalue weighted by Crippen LogP contribution is -2.49. The third-order valence-electron chi connectivity index (χ3n) is 8.16. The number of anilines is 3. The van der Waals surface area contributed by atoms with Gasteiger partial charge in [-0.15, -0.1) is 0 Å². The fourth-order valence-corrected chi connectivity index (χ4v) is 5.91. The summed E-state index contributed by atoms with van der Waals surface area (Å²) in [5.41, 5.74) is 6.18. The van der Waals surface area contributed by atoms with Crippen LogP contribution < -0.4 is 20.0 Å². The summed E-state index contributed by atoms with van der Waals surface area (Å²) < 4.78 is 0. The van der Waals surface area contributed by atoms with E-state index in [1.165, 1.54) is 23.2 Å². The monoisotopic (exact) mass is 489 g/mol. The molecule has 2 saturated heterocycles. The van der Waals surface area contributed by atoms with Gasteiger partial charge in [0, 0.05) is 76.9 Å². The molecule has 3 aliphatic rings. The predicted octanol–water partition coefficient (Wildman–Crippen LogP) is 3.34. The third kappa shape index (κ3) is 5.21. The Morgan fingerprint density at radius 1 is 0.889 bits per heavy atom. The first-order chi connectivity index (χ1) is 17.5. The number of carbonyl (C=O) groups excluding carboxylic acids is 2. The molecular weight excluding hydrogens is 450 g/mol. The normalized spacial score (nSPS) is 19.7. The predicted molar refractivity (Wildman–Crippen MR) is 146 cm³/mol. The van der Waals surface area contributed by atoms with Gasteiger partial charge in [-0.1, -0.05) is 24.3 Å². The van der Waals surface area contributed by atoms with Gasteiger partial charge >= 0.3 is 0 Å². The van der Waals surface area contributed by atoms with E-state index in [0.717, 1.165) is 63.6 Å². The number of amides is 2. The van der Waals surface area contributed by atoms with Crippen molar-refractivity contribution in [3.63, 3.8) is 0 Å². The van der Waals surface area contributed by atoms with E-state index in [4.69, 9.17) is 0 Å². The van der Waals surface area contributed by atoms with Crippen LogP contribution in [0.2, 0.25) is 0 Å². The van der Waals surface area contributed by atoms with Crippen LogP contribution in [0.25, 0.3) is 0 Å². The molecule has 0 spiro atoms. The molecule has 2 fully saturated rings. The standard InChI is InChI=1S/C29H39N5O2/c1-22-7-5-11-25(23(22)2)32-19-17-31(18-20-32)16-14-30-28(35)12-13-29(36)34-21-24-8-6-15-33(24)26-9-3-4-10-27(26)34/h3-5,7,9-11,24H,6,8,12-21H2,1-2H3,(H,30,35). The first kappa shape index (κ1) is 24.6. The quantitative estimate of drug-likeness (QED) is 0.647. The topological polar surface area (TPSA) is 59.1 Å². The number of nitrogens with one attached hydrogen (secondary N) is 1. The first-order valence-corrected chi connectivity index (χ1v) is 13.5. The van der Waals surface area contributed by atoms with E-state index in [0.29, 0.717) is 12.6 Å². The molecule has 0 aromatic heterocycles.